The van der Waals surface area contributed by atoms with E-state index in [1.807, 2.05) is 6.92 Å². The van der Waals surface area contributed by atoms with E-state index in [4.69, 9.17) is 5.26 Å². The van der Waals surface area contributed by atoms with Crippen molar-refractivity contribution in [2.24, 2.45) is 4.99 Å². The third kappa shape index (κ3) is 1.20. The zero-order valence-corrected chi connectivity index (χ0v) is 5.46. The number of nitrogens with zero attached hydrogens (tertiary/aromatic N) is 3. The van der Waals surface area contributed by atoms with Crippen molar-refractivity contribution in [3.05, 3.63) is 0 Å². The number of rotatable bonds is 0. The van der Waals surface area contributed by atoms with Crippen molar-refractivity contribution in [1.82, 2.24) is 4.90 Å². The Kier molecular flexibility index (Phi) is 1.69. The Bertz CT molecular complexity index is 162. The molecule has 1 rings (SSSR count). The molecule has 0 saturated carbocycles. The zero-order chi connectivity index (χ0) is 6.69. The van der Waals surface area contributed by atoms with E-state index in [9.17, 15) is 0 Å². The molecule has 0 amide bonds. The van der Waals surface area contributed by atoms with Crippen molar-refractivity contribution in [2.75, 3.05) is 13.1 Å². The van der Waals surface area contributed by atoms with Crippen LogP contribution in [0, 0.1) is 11.5 Å². The molecule has 3 heteroatoms. The molecule has 0 N–H and O–H groups in total. The van der Waals surface area contributed by atoms with E-state index >= 15 is 0 Å². The minimum atomic E-state index is 0.851. The van der Waals surface area contributed by atoms with Crippen LogP contribution in [0.25, 0.3) is 0 Å². The largest absolute Gasteiger partial charge is 0.359 e. The SMILES string of the molecule is CC(=NC#N)N1CCC1. The van der Waals surface area contributed by atoms with Crippen LogP contribution in [0.2, 0.25) is 0 Å². The van der Waals surface area contributed by atoms with E-state index < -0.39 is 0 Å². The first-order chi connectivity index (χ1) is 4.34. The summed E-state index contributed by atoms with van der Waals surface area (Å²) in [4.78, 5) is 5.68. The molecule has 0 aliphatic carbocycles. The van der Waals surface area contributed by atoms with Crippen LogP contribution in [0.3, 0.4) is 0 Å². The van der Waals surface area contributed by atoms with E-state index in [2.05, 4.69) is 9.89 Å². The molecule has 3 nitrogen and oxygen atoms in total. The number of amidine groups is 1. The molecule has 9 heavy (non-hydrogen) atoms. The molecule has 0 radical (unpaired) electrons. The number of likely N-dealkylation sites (tertiary alicyclic amines) is 1. The lowest BCUT2D eigenvalue weighted by molar-refractivity contribution is 0.298. The number of hydrogen-bond donors (Lipinski definition) is 0. The van der Waals surface area contributed by atoms with Gasteiger partial charge in [-0.3, -0.25) is 0 Å². The Morgan fingerprint density at radius 1 is 1.67 bits per heavy atom. The topological polar surface area (TPSA) is 39.4 Å². The standard InChI is InChI=1S/C6H9N3/c1-6(8-5-7)9-3-2-4-9/h2-4H2,1H3. The number of hydrogen-bond acceptors (Lipinski definition) is 2. The van der Waals surface area contributed by atoms with E-state index in [0.717, 1.165) is 18.9 Å². The summed E-state index contributed by atoms with van der Waals surface area (Å²) < 4.78 is 0. The monoisotopic (exact) mass is 123 g/mol. The average Bonchev–Trinajstić information content (AvgIpc) is 1.60. The highest BCUT2D eigenvalue weighted by Crippen LogP contribution is 2.05. The molecule has 0 aromatic rings. The fourth-order valence-electron chi connectivity index (χ4n) is 0.783. The lowest BCUT2D eigenvalue weighted by atomic mass is 10.2. The first-order valence-electron chi connectivity index (χ1n) is 3.03. The molecule has 0 bridgehead atoms. The van der Waals surface area contributed by atoms with Crippen LogP contribution in [0.5, 0.6) is 0 Å². The van der Waals surface area contributed by atoms with Gasteiger partial charge in [0.05, 0.1) is 0 Å². The Labute approximate surface area is 54.6 Å². The summed E-state index contributed by atoms with van der Waals surface area (Å²) in [5, 5.41) is 8.14. The van der Waals surface area contributed by atoms with Crippen LogP contribution in [0.1, 0.15) is 13.3 Å². The molecule has 0 aromatic carbocycles. The summed E-state index contributed by atoms with van der Waals surface area (Å²) in [5.41, 5.74) is 0. The molecule has 0 atom stereocenters. The summed E-state index contributed by atoms with van der Waals surface area (Å²) in [6.45, 7) is 4.00. The molecule has 0 unspecified atom stereocenters. The summed E-state index contributed by atoms with van der Waals surface area (Å²) in [6, 6.07) is 0. The van der Waals surface area contributed by atoms with Crippen LogP contribution in [0.15, 0.2) is 4.99 Å². The molecule has 1 heterocycles. The first-order valence-corrected chi connectivity index (χ1v) is 3.03. The van der Waals surface area contributed by atoms with Gasteiger partial charge in [-0.2, -0.15) is 10.3 Å². The van der Waals surface area contributed by atoms with Gasteiger partial charge in [0, 0.05) is 13.1 Å². The maximum atomic E-state index is 8.14. The molecule has 1 aliphatic rings. The second-order valence-electron chi connectivity index (χ2n) is 2.10. The Morgan fingerprint density at radius 2 is 2.33 bits per heavy atom. The van der Waals surface area contributed by atoms with Gasteiger partial charge in [-0.25, -0.2) is 0 Å². The van der Waals surface area contributed by atoms with Gasteiger partial charge < -0.3 is 4.90 Å². The fourth-order valence-corrected chi connectivity index (χ4v) is 0.783. The minimum absolute atomic E-state index is 0.851. The quantitative estimate of drug-likeness (QED) is 0.268. The maximum absolute atomic E-state index is 8.14. The van der Waals surface area contributed by atoms with Crippen molar-refractivity contribution in [3.63, 3.8) is 0 Å². The molecular formula is C6H9N3. The maximum Gasteiger partial charge on any atom is 0.207 e. The van der Waals surface area contributed by atoms with Gasteiger partial charge in [0.25, 0.3) is 0 Å². The Balaban J connectivity index is 2.42. The second kappa shape index (κ2) is 2.49. The van der Waals surface area contributed by atoms with E-state index in [1.165, 1.54) is 6.42 Å². The Morgan fingerprint density at radius 3 is 2.67 bits per heavy atom. The average molecular weight is 123 g/mol. The fraction of sp³-hybridized carbons (Fsp3) is 0.667. The molecule has 1 fully saturated rings. The molecule has 1 aliphatic heterocycles. The van der Waals surface area contributed by atoms with Crippen molar-refractivity contribution in [1.29, 1.82) is 5.26 Å². The Hall–Kier alpha value is -1.04. The number of aliphatic imine (C=N–C) groups is 1. The van der Waals surface area contributed by atoms with E-state index in [0.29, 0.717) is 0 Å². The zero-order valence-electron chi connectivity index (χ0n) is 5.46. The third-order valence-electron chi connectivity index (χ3n) is 1.53. The van der Waals surface area contributed by atoms with E-state index in [1.54, 1.807) is 6.19 Å². The molecule has 0 aromatic heterocycles. The number of nitriles is 1. The van der Waals surface area contributed by atoms with Crippen molar-refractivity contribution >= 4 is 5.84 Å². The van der Waals surface area contributed by atoms with Gasteiger partial charge in [-0.05, 0) is 13.3 Å². The van der Waals surface area contributed by atoms with Crippen LogP contribution in [0.4, 0.5) is 0 Å². The summed E-state index contributed by atoms with van der Waals surface area (Å²) in [5.74, 6) is 0.851. The van der Waals surface area contributed by atoms with Crippen molar-refractivity contribution in [3.8, 4) is 6.19 Å². The van der Waals surface area contributed by atoms with Gasteiger partial charge >= 0.3 is 0 Å². The summed E-state index contributed by atoms with van der Waals surface area (Å²) in [6.07, 6.45) is 3.00. The smallest absolute Gasteiger partial charge is 0.207 e. The highest BCUT2D eigenvalue weighted by Gasteiger charge is 2.13. The normalized spacial score (nSPS) is 18.7. The minimum Gasteiger partial charge on any atom is -0.359 e. The van der Waals surface area contributed by atoms with Gasteiger partial charge in [0.15, 0.2) is 0 Å². The summed E-state index contributed by atoms with van der Waals surface area (Å²) in [7, 11) is 0. The lowest BCUT2D eigenvalue weighted by Gasteiger charge is -2.31. The molecule has 48 valence electrons. The second-order valence-corrected chi connectivity index (χ2v) is 2.10. The highest BCUT2D eigenvalue weighted by atomic mass is 15.2. The van der Waals surface area contributed by atoms with Gasteiger partial charge in [0.2, 0.25) is 6.19 Å². The third-order valence-corrected chi connectivity index (χ3v) is 1.53. The van der Waals surface area contributed by atoms with Crippen LogP contribution < -0.4 is 0 Å². The molecular weight excluding hydrogens is 114 g/mol. The van der Waals surface area contributed by atoms with Crippen LogP contribution in [-0.4, -0.2) is 23.8 Å². The van der Waals surface area contributed by atoms with Crippen molar-refractivity contribution < 1.29 is 0 Å². The lowest BCUT2D eigenvalue weighted by Crippen LogP contribution is -2.40. The van der Waals surface area contributed by atoms with Gasteiger partial charge in [0.1, 0.15) is 5.84 Å². The summed E-state index contributed by atoms with van der Waals surface area (Å²) >= 11 is 0. The van der Waals surface area contributed by atoms with Crippen LogP contribution >= 0.6 is 0 Å². The predicted molar refractivity (Wildman–Crippen MR) is 34.9 cm³/mol. The first kappa shape index (κ1) is 6.09. The highest BCUT2D eigenvalue weighted by molar-refractivity contribution is 5.81. The van der Waals surface area contributed by atoms with E-state index in [-0.39, 0.29) is 0 Å². The molecule has 0 spiro atoms. The molecule has 1 saturated heterocycles. The predicted octanol–water partition coefficient (Wildman–Crippen LogP) is 0.592. The van der Waals surface area contributed by atoms with Gasteiger partial charge in [-0.15, -0.1) is 0 Å². The van der Waals surface area contributed by atoms with Crippen LogP contribution in [-0.2, 0) is 0 Å². The van der Waals surface area contributed by atoms with Gasteiger partial charge in [-0.1, -0.05) is 0 Å². The van der Waals surface area contributed by atoms with Crippen molar-refractivity contribution in [2.45, 2.75) is 13.3 Å².